The summed E-state index contributed by atoms with van der Waals surface area (Å²) >= 11 is 0. The Hall–Kier alpha value is -2.68. The van der Waals surface area contributed by atoms with Gasteiger partial charge >= 0.3 is 0 Å². The summed E-state index contributed by atoms with van der Waals surface area (Å²) in [5, 5.41) is 2.38. The van der Waals surface area contributed by atoms with E-state index in [2.05, 4.69) is 89.0 Å². The highest BCUT2D eigenvalue weighted by atomic mass is 16.3. The molecule has 5 rings (SSSR count). The molecule has 1 aromatic carbocycles. The van der Waals surface area contributed by atoms with Gasteiger partial charge in [-0.05, 0) is 53.4 Å². The summed E-state index contributed by atoms with van der Waals surface area (Å²) in [5.41, 5.74) is 8.26. The number of hydrogen-bond acceptors (Lipinski definition) is 2. The number of furan rings is 1. The van der Waals surface area contributed by atoms with E-state index in [9.17, 15) is 0 Å². The lowest BCUT2D eigenvalue weighted by molar-refractivity contribution is -0.660. The molecule has 0 saturated carbocycles. The first-order valence-electron chi connectivity index (χ1n) is 10.5. The summed E-state index contributed by atoms with van der Waals surface area (Å²) in [6.45, 7) is 11.6. The van der Waals surface area contributed by atoms with Gasteiger partial charge in [0.05, 0.1) is 10.9 Å². The van der Waals surface area contributed by atoms with E-state index in [1.165, 1.54) is 40.3 Å². The zero-order valence-corrected chi connectivity index (χ0v) is 18.3. The maximum Gasteiger partial charge on any atom is 0.227 e. The molecule has 0 unspecified atom stereocenters. The van der Waals surface area contributed by atoms with Crippen LogP contribution in [0.15, 0.2) is 47.1 Å². The Labute approximate surface area is 172 Å². The smallest absolute Gasteiger partial charge is 0.227 e. The van der Waals surface area contributed by atoms with Crippen molar-refractivity contribution in [2.24, 2.45) is 7.05 Å². The molecule has 0 bridgehead atoms. The van der Waals surface area contributed by atoms with Gasteiger partial charge in [0.2, 0.25) is 11.4 Å². The number of fused-ring (bicyclic) bond motifs is 5. The van der Waals surface area contributed by atoms with Gasteiger partial charge in [-0.25, -0.2) is 9.55 Å². The molecule has 0 amide bonds. The van der Waals surface area contributed by atoms with Crippen molar-refractivity contribution < 1.29 is 8.98 Å². The third-order valence-electron chi connectivity index (χ3n) is 6.97. The van der Waals surface area contributed by atoms with Gasteiger partial charge in [-0.2, -0.15) is 0 Å². The molecule has 3 heterocycles. The lowest BCUT2D eigenvalue weighted by Crippen LogP contribution is -2.34. The molecule has 29 heavy (non-hydrogen) atoms. The van der Waals surface area contributed by atoms with Crippen molar-refractivity contribution in [1.29, 1.82) is 0 Å². The lowest BCUT2D eigenvalue weighted by atomic mass is 9.63. The van der Waals surface area contributed by atoms with Crippen LogP contribution in [0.2, 0.25) is 0 Å². The van der Waals surface area contributed by atoms with Gasteiger partial charge in [0.25, 0.3) is 0 Å². The number of nitrogens with zero attached hydrogens (tertiary/aromatic N) is 2. The molecule has 0 fully saturated rings. The molecule has 1 aliphatic carbocycles. The predicted octanol–water partition coefficient (Wildman–Crippen LogP) is 6.13. The molecule has 0 saturated heterocycles. The number of hydrogen-bond donors (Lipinski definition) is 0. The summed E-state index contributed by atoms with van der Waals surface area (Å²) in [7, 11) is 2.09. The van der Waals surface area contributed by atoms with E-state index in [0.29, 0.717) is 0 Å². The van der Waals surface area contributed by atoms with Crippen molar-refractivity contribution in [2.45, 2.75) is 58.3 Å². The molecule has 0 atom stereocenters. The highest BCUT2D eigenvalue weighted by Gasteiger charge is 2.40. The summed E-state index contributed by atoms with van der Waals surface area (Å²) in [6, 6.07) is 10.7. The first-order valence-corrected chi connectivity index (χ1v) is 10.5. The van der Waals surface area contributed by atoms with Gasteiger partial charge in [0.1, 0.15) is 7.05 Å². The van der Waals surface area contributed by atoms with Gasteiger partial charge in [0.15, 0.2) is 11.8 Å². The molecule has 4 aromatic rings. The fraction of sp³-hybridized carbons (Fsp3) is 0.385. The van der Waals surface area contributed by atoms with E-state index in [1.807, 2.05) is 0 Å². The van der Waals surface area contributed by atoms with Crippen LogP contribution in [0, 0.1) is 6.92 Å². The van der Waals surface area contributed by atoms with Gasteiger partial charge < -0.3 is 4.42 Å². The van der Waals surface area contributed by atoms with Crippen LogP contribution in [0.1, 0.15) is 57.2 Å². The van der Waals surface area contributed by atoms with E-state index >= 15 is 0 Å². The monoisotopic (exact) mass is 385 g/mol. The van der Waals surface area contributed by atoms with Gasteiger partial charge in [-0.3, -0.25) is 0 Å². The Morgan fingerprint density at radius 1 is 1.00 bits per heavy atom. The molecule has 0 N–H and O–H groups in total. The molecule has 1 aliphatic rings. The van der Waals surface area contributed by atoms with Gasteiger partial charge in [-0.15, -0.1) is 0 Å². The van der Waals surface area contributed by atoms with E-state index in [4.69, 9.17) is 9.40 Å². The number of aromatic nitrogens is 2. The van der Waals surface area contributed by atoms with E-state index < -0.39 is 0 Å². The van der Waals surface area contributed by atoms with Gasteiger partial charge in [0, 0.05) is 23.7 Å². The maximum absolute atomic E-state index is 6.48. The normalized spacial score (nSPS) is 17.6. The maximum atomic E-state index is 6.48. The first kappa shape index (κ1) is 18.4. The Kier molecular flexibility index (Phi) is 3.74. The molecular weight excluding hydrogens is 356 g/mol. The number of rotatable bonds is 1. The highest BCUT2D eigenvalue weighted by molar-refractivity contribution is 6.10. The van der Waals surface area contributed by atoms with Crippen LogP contribution < -0.4 is 4.57 Å². The van der Waals surface area contributed by atoms with Crippen LogP contribution >= 0.6 is 0 Å². The molecule has 0 spiro atoms. The average Bonchev–Trinajstić information content (AvgIpc) is 3.04. The zero-order chi connectivity index (χ0) is 20.6. The first-order chi connectivity index (χ1) is 13.7. The van der Waals surface area contributed by atoms with Crippen molar-refractivity contribution >= 4 is 22.1 Å². The second-order valence-corrected chi connectivity index (χ2v) is 9.93. The number of aryl methyl sites for hydroxylation is 2. The largest absolute Gasteiger partial charge is 0.437 e. The lowest BCUT2D eigenvalue weighted by Gasteiger charge is -2.41. The molecule has 0 aliphatic heterocycles. The number of benzene rings is 1. The Morgan fingerprint density at radius 3 is 2.52 bits per heavy atom. The second kappa shape index (κ2) is 5.91. The van der Waals surface area contributed by atoms with Crippen molar-refractivity contribution in [3.05, 3.63) is 59.4 Å². The van der Waals surface area contributed by atoms with Crippen molar-refractivity contribution in [1.82, 2.24) is 4.98 Å². The minimum atomic E-state index is 0.102. The third kappa shape index (κ3) is 2.56. The standard InChI is InChI=1S/C26H29N2O/c1-16-10-11-17-21-22-18(25(2,3)12-13-26(22,4)5)15-27-24(21)29-23(17)20(16)19-9-7-8-14-28(19)6/h7-11,14-15H,12-13H2,1-6H3/q+1. The SMILES string of the molecule is Cc1ccc2c(oc3ncc4c(c32)C(C)(C)CCC4(C)C)c1-c1cccc[n+]1C. The second-order valence-electron chi connectivity index (χ2n) is 9.93. The van der Waals surface area contributed by atoms with Crippen LogP contribution in [0.25, 0.3) is 33.3 Å². The molecule has 3 heteroatoms. The Balaban J connectivity index is 1.95. The van der Waals surface area contributed by atoms with Crippen molar-refractivity contribution in [2.75, 3.05) is 0 Å². The minimum absolute atomic E-state index is 0.102. The van der Waals surface area contributed by atoms with Crippen LogP contribution in [-0.2, 0) is 17.9 Å². The van der Waals surface area contributed by atoms with Crippen LogP contribution in [-0.4, -0.2) is 4.98 Å². The van der Waals surface area contributed by atoms with E-state index in [-0.39, 0.29) is 10.8 Å². The number of pyridine rings is 2. The van der Waals surface area contributed by atoms with Crippen molar-refractivity contribution in [3.63, 3.8) is 0 Å². The minimum Gasteiger partial charge on any atom is -0.437 e. The van der Waals surface area contributed by atoms with Gasteiger partial charge in [-0.1, -0.05) is 39.8 Å². The van der Waals surface area contributed by atoms with Crippen LogP contribution in [0.4, 0.5) is 0 Å². The van der Waals surface area contributed by atoms with Crippen LogP contribution in [0.5, 0.6) is 0 Å². The molecule has 148 valence electrons. The Bertz CT molecular complexity index is 1280. The summed E-state index contributed by atoms with van der Waals surface area (Å²) in [4.78, 5) is 4.81. The molecule has 3 aromatic heterocycles. The fourth-order valence-electron chi connectivity index (χ4n) is 5.10. The fourth-order valence-corrected chi connectivity index (χ4v) is 5.10. The Morgan fingerprint density at radius 2 is 1.76 bits per heavy atom. The summed E-state index contributed by atoms with van der Waals surface area (Å²) in [5.74, 6) is 0. The third-order valence-corrected chi connectivity index (χ3v) is 6.97. The highest BCUT2D eigenvalue weighted by Crippen LogP contribution is 2.50. The molecule has 3 nitrogen and oxygen atoms in total. The quantitative estimate of drug-likeness (QED) is 0.369. The topological polar surface area (TPSA) is 29.9 Å². The zero-order valence-electron chi connectivity index (χ0n) is 18.3. The molecular formula is C26H29N2O+. The summed E-state index contributed by atoms with van der Waals surface area (Å²) < 4.78 is 8.63. The molecule has 0 radical (unpaired) electrons. The van der Waals surface area contributed by atoms with Crippen LogP contribution in [0.3, 0.4) is 0 Å². The van der Waals surface area contributed by atoms with E-state index in [1.54, 1.807) is 0 Å². The predicted molar refractivity (Wildman–Crippen MR) is 118 cm³/mol. The average molecular weight is 386 g/mol. The van der Waals surface area contributed by atoms with Crippen molar-refractivity contribution in [3.8, 4) is 11.3 Å². The van der Waals surface area contributed by atoms with E-state index in [0.717, 1.165) is 22.6 Å². The summed E-state index contributed by atoms with van der Waals surface area (Å²) in [6.07, 6.45) is 6.50.